The smallest absolute Gasteiger partial charge is 0.123 e. The molecule has 0 fully saturated rings. The fraction of sp³-hybridized carbons (Fsp3) is 0. The molecule has 1 heteroatoms. The molecule has 0 aliphatic rings. The lowest BCUT2D eigenvalue weighted by atomic mass is 9.98. The molecule has 0 radical (unpaired) electrons. The van der Waals surface area contributed by atoms with Crippen molar-refractivity contribution in [1.29, 1.82) is 0 Å². The van der Waals surface area contributed by atoms with E-state index in [0.717, 1.165) is 11.1 Å². The zero-order valence-corrected chi connectivity index (χ0v) is 13.8. The summed E-state index contributed by atoms with van der Waals surface area (Å²) in [6.07, 6.45) is 0. The van der Waals surface area contributed by atoms with Gasteiger partial charge in [0.1, 0.15) is 5.75 Å². The molecule has 0 atom stereocenters. The van der Waals surface area contributed by atoms with Crippen molar-refractivity contribution in [1.82, 2.24) is 0 Å². The van der Waals surface area contributed by atoms with Crippen molar-refractivity contribution < 1.29 is 5.11 Å². The molecule has 0 saturated heterocycles. The second kappa shape index (κ2) is 6.66. The van der Waals surface area contributed by atoms with Crippen LogP contribution in [0.2, 0.25) is 0 Å². The highest BCUT2D eigenvalue weighted by molar-refractivity contribution is 5.75. The van der Waals surface area contributed by atoms with Crippen molar-refractivity contribution in [3.05, 3.63) is 103 Å². The molecule has 0 aliphatic carbocycles. The van der Waals surface area contributed by atoms with Crippen LogP contribution in [0.3, 0.4) is 0 Å². The minimum absolute atomic E-state index is 0.308. The second-order valence-electron chi connectivity index (χ2n) is 6.04. The Balaban J connectivity index is 1.61. The number of para-hydroxylation sites is 1. The van der Waals surface area contributed by atoms with Gasteiger partial charge in [0.05, 0.1) is 0 Å². The zero-order chi connectivity index (χ0) is 17.1. The Bertz CT molecular complexity index is 968. The third-order valence-corrected chi connectivity index (χ3v) is 4.43. The van der Waals surface area contributed by atoms with Gasteiger partial charge in [-0.3, -0.25) is 0 Å². The molecule has 25 heavy (non-hydrogen) atoms. The van der Waals surface area contributed by atoms with Crippen LogP contribution in [0.5, 0.6) is 5.75 Å². The Morgan fingerprint density at radius 3 is 1.28 bits per heavy atom. The van der Waals surface area contributed by atoms with Crippen molar-refractivity contribution in [2.24, 2.45) is 0 Å². The number of benzene rings is 4. The minimum Gasteiger partial charge on any atom is -0.507 e. The van der Waals surface area contributed by atoms with Crippen LogP contribution in [0, 0.1) is 0 Å². The maximum absolute atomic E-state index is 9.99. The van der Waals surface area contributed by atoms with Gasteiger partial charge in [-0.15, -0.1) is 0 Å². The summed E-state index contributed by atoms with van der Waals surface area (Å²) in [5, 5.41) is 9.99. The molecule has 0 bridgehead atoms. The normalized spacial score (nSPS) is 10.6. The SMILES string of the molecule is Oc1ccccc1-c1ccc(-c2ccc(-c3ccccc3)cc2)cc1. The first kappa shape index (κ1) is 15.2. The molecule has 1 N–H and O–H groups in total. The summed E-state index contributed by atoms with van der Waals surface area (Å²) in [6.45, 7) is 0. The van der Waals surface area contributed by atoms with Crippen LogP contribution in [0.1, 0.15) is 0 Å². The Labute approximate surface area is 147 Å². The molecule has 0 heterocycles. The van der Waals surface area contributed by atoms with Crippen molar-refractivity contribution in [2.45, 2.75) is 0 Å². The van der Waals surface area contributed by atoms with Crippen LogP contribution in [-0.2, 0) is 0 Å². The van der Waals surface area contributed by atoms with E-state index in [0.29, 0.717) is 5.75 Å². The Hall–Kier alpha value is -3.32. The molecule has 4 aromatic carbocycles. The van der Waals surface area contributed by atoms with E-state index < -0.39 is 0 Å². The molecule has 0 saturated carbocycles. The van der Waals surface area contributed by atoms with E-state index >= 15 is 0 Å². The van der Waals surface area contributed by atoms with Gasteiger partial charge >= 0.3 is 0 Å². The number of hydrogen-bond acceptors (Lipinski definition) is 1. The molecule has 0 spiro atoms. The van der Waals surface area contributed by atoms with Gasteiger partial charge < -0.3 is 5.11 Å². The fourth-order valence-electron chi connectivity index (χ4n) is 3.05. The summed E-state index contributed by atoms with van der Waals surface area (Å²) in [5.41, 5.74) is 6.66. The number of rotatable bonds is 3. The molecule has 0 amide bonds. The van der Waals surface area contributed by atoms with Gasteiger partial charge in [0.2, 0.25) is 0 Å². The van der Waals surface area contributed by atoms with E-state index in [-0.39, 0.29) is 0 Å². The highest BCUT2D eigenvalue weighted by Crippen LogP contribution is 2.31. The summed E-state index contributed by atoms with van der Waals surface area (Å²) in [6, 6.07) is 34.7. The van der Waals surface area contributed by atoms with Crippen LogP contribution in [0.15, 0.2) is 103 Å². The third-order valence-electron chi connectivity index (χ3n) is 4.43. The van der Waals surface area contributed by atoms with Gasteiger partial charge in [0.15, 0.2) is 0 Å². The summed E-state index contributed by atoms with van der Waals surface area (Å²) in [7, 11) is 0. The summed E-state index contributed by atoms with van der Waals surface area (Å²) in [4.78, 5) is 0. The first-order valence-corrected chi connectivity index (χ1v) is 8.35. The van der Waals surface area contributed by atoms with Crippen LogP contribution in [-0.4, -0.2) is 5.11 Å². The Kier molecular flexibility index (Phi) is 4.05. The quantitative estimate of drug-likeness (QED) is 0.463. The van der Waals surface area contributed by atoms with Crippen molar-refractivity contribution >= 4 is 0 Å². The predicted molar refractivity (Wildman–Crippen MR) is 104 cm³/mol. The van der Waals surface area contributed by atoms with Crippen LogP contribution in [0.25, 0.3) is 33.4 Å². The van der Waals surface area contributed by atoms with E-state index in [2.05, 4.69) is 72.8 Å². The zero-order valence-electron chi connectivity index (χ0n) is 13.8. The maximum atomic E-state index is 9.99. The summed E-state index contributed by atoms with van der Waals surface area (Å²) in [5.74, 6) is 0.308. The molecule has 0 aliphatic heterocycles. The second-order valence-corrected chi connectivity index (χ2v) is 6.04. The molecule has 120 valence electrons. The summed E-state index contributed by atoms with van der Waals surface area (Å²) < 4.78 is 0. The van der Waals surface area contributed by atoms with Gasteiger partial charge in [-0.25, -0.2) is 0 Å². The molecule has 0 aromatic heterocycles. The average molecular weight is 322 g/mol. The largest absolute Gasteiger partial charge is 0.507 e. The maximum Gasteiger partial charge on any atom is 0.123 e. The van der Waals surface area contributed by atoms with E-state index in [1.165, 1.54) is 22.3 Å². The minimum atomic E-state index is 0.308. The molecule has 0 unspecified atom stereocenters. The topological polar surface area (TPSA) is 20.2 Å². The number of phenolic OH excluding ortho intramolecular Hbond substituents is 1. The standard InChI is InChI=1S/C24H18O/c25-24-9-5-4-8-23(24)22-16-14-21(15-17-22)20-12-10-19(11-13-20)18-6-2-1-3-7-18/h1-17,25H. The van der Waals surface area contributed by atoms with Crippen LogP contribution >= 0.6 is 0 Å². The third kappa shape index (κ3) is 3.17. The van der Waals surface area contributed by atoms with Gasteiger partial charge in [-0.05, 0) is 33.9 Å². The average Bonchev–Trinajstić information content (AvgIpc) is 2.69. The molecular weight excluding hydrogens is 304 g/mol. The van der Waals surface area contributed by atoms with Crippen molar-refractivity contribution in [3.8, 4) is 39.1 Å². The number of phenols is 1. The summed E-state index contributed by atoms with van der Waals surface area (Å²) >= 11 is 0. The fourth-order valence-corrected chi connectivity index (χ4v) is 3.05. The molecule has 4 aromatic rings. The van der Waals surface area contributed by atoms with E-state index in [1.807, 2.05) is 24.3 Å². The highest BCUT2D eigenvalue weighted by Gasteiger charge is 2.04. The van der Waals surface area contributed by atoms with Gasteiger partial charge in [-0.2, -0.15) is 0 Å². The first-order chi connectivity index (χ1) is 12.3. The lowest BCUT2D eigenvalue weighted by Crippen LogP contribution is -1.82. The van der Waals surface area contributed by atoms with Gasteiger partial charge in [0, 0.05) is 5.56 Å². The number of hydrogen-bond donors (Lipinski definition) is 1. The Morgan fingerprint density at radius 2 is 0.760 bits per heavy atom. The lowest BCUT2D eigenvalue weighted by Gasteiger charge is -2.08. The van der Waals surface area contributed by atoms with Gasteiger partial charge in [0.25, 0.3) is 0 Å². The van der Waals surface area contributed by atoms with E-state index in [1.54, 1.807) is 6.07 Å². The number of aromatic hydroxyl groups is 1. The highest BCUT2D eigenvalue weighted by atomic mass is 16.3. The van der Waals surface area contributed by atoms with Crippen molar-refractivity contribution in [3.63, 3.8) is 0 Å². The van der Waals surface area contributed by atoms with Gasteiger partial charge in [-0.1, -0.05) is 97.1 Å². The lowest BCUT2D eigenvalue weighted by molar-refractivity contribution is 0.477. The predicted octanol–water partition coefficient (Wildman–Crippen LogP) is 6.39. The van der Waals surface area contributed by atoms with Crippen LogP contribution in [0.4, 0.5) is 0 Å². The van der Waals surface area contributed by atoms with Crippen LogP contribution < -0.4 is 0 Å². The van der Waals surface area contributed by atoms with E-state index in [4.69, 9.17) is 0 Å². The molecule has 1 nitrogen and oxygen atoms in total. The molecular formula is C24H18O. The molecule has 4 rings (SSSR count). The monoisotopic (exact) mass is 322 g/mol. The Morgan fingerprint density at radius 1 is 0.360 bits per heavy atom. The van der Waals surface area contributed by atoms with Crippen molar-refractivity contribution in [2.75, 3.05) is 0 Å². The van der Waals surface area contributed by atoms with E-state index in [9.17, 15) is 5.11 Å². The first-order valence-electron chi connectivity index (χ1n) is 8.35.